The summed E-state index contributed by atoms with van der Waals surface area (Å²) in [5.41, 5.74) is 2.33. The van der Waals surface area contributed by atoms with E-state index in [0.717, 1.165) is 11.1 Å². The Kier molecular flexibility index (Phi) is 7.74. The van der Waals surface area contributed by atoms with E-state index in [4.69, 9.17) is 0 Å². The molecule has 0 atom stereocenters. The molecule has 32 heavy (non-hydrogen) atoms. The van der Waals surface area contributed by atoms with Crippen molar-refractivity contribution in [2.24, 2.45) is 0 Å². The first-order chi connectivity index (χ1) is 15.2. The second-order valence-electron chi connectivity index (χ2n) is 7.69. The maximum Gasteiger partial charge on any atom is 0.573 e. The maximum atomic E-state index is 12.6. The van der Waals surface area contributed by atoms with E-state index in [-0.39, 0.29) is 36.2 Å². The Labute approximate surface area is 184 Å². The van der Waals surface area contributed by atoms with E-state index in [0.29, 0.717) is 32.6 Å². The van der Waals surface area contributed by atoms with Gasteiger partial charge in [0.2, 0.25) is 11.8 Å². The lowest BCUT2D eigenvalue weighted by molar-refractivity contribution is -0.274. The molecule has 0 radical (unpaired) electrons. The van der Waals surface area contributed by atoms with Crippen LogP contribution in [0.15, 0.2) is 48.5 Å². The van der Waals surface area contributed by atoms with Gasteiger partial charge in [-0.25, -0.2) is 0 Å². The third-order valence-corrected chi connectivity index (χ3v) is 5.37. The molecule has 1 saturated heterocycles. The molecule has 0 unspecified atom stereocenters. The number of nitrogens with zero attached hydrogens (tertiary/aromatic N) is 2. The van der Waals surface area contributed by atoms with Crippen LogP contribution in [0.4, 0.5) is 13.2 Å². The Morgan fingerprint density at radius 3 is 2.25 bits per heavy atom. The van der Waals surface area contributed by atoms with Crippen LogP contribution in [0.3, 0.4) is 0 Å². The number of para-hydroxylation sites is 1. The summed E-state index contributed by atoms with van der Waals surface area (Å²) in [6, 6.07) is 13.5. The van der Waals surface area contributed by atoms with Crippen molar-refractivity contribution in [3.63, 3.8) is 0 Å². The molecule has 0 aromatic heterocycles. The molecule has 2 amide bonds. The first-order valence-electron chi connectivity index (χ1n) is 10.4. The van der Waals surface area contributed by atoms with Gasteiger partial charge in [-0.05, 0) is 24.1 Å². The van der Waals surface area contributed by atoms with Crippen molar-refractivity contribution in [3.05, 3.63) is 65.2 Å². The van der Waals surface area contributed by atoms with Gasteiger partial charge in [0.1, 0.15) is 5.75 Å². The van der Waals surface area contributed by atoms with Crippen molar-refractivity contribution in [2.45, 2.75) is 26.3 Å². The van der Waals surface area contributed by atoms with Gasteiger partial charge in [0.05, 0.1) is 13.0 Å². The molecule has 0 bridgehead atoms. The van der Waals surface area contributed by atoms with E-state index in [1.54, 1.807) is 11.0 Å². The predicted molar refractivity (Wildman–Crippen MR) is 113 cm³/mol. The zero-order chi connectivity index (χ0) is 23.1. The predicted octanol–water partition coefficient (Wildman–Crippen LogP) is 2.90. The summed E-state index contributed by atoms with van der Waals surface area (Å²) in [5.74, 6) is -0.572. The highest BCUT2D eigenvalue weighted by Crippen LogP contribution is 2.26. The maximum absolute atomic E-state index is 12.6. The number of rotatable bonds is 7. The van der Waals surface area contributed by atoms with E-state index in [2.05, 4.69) is 10.1 Å². The molecule has 0 saturated carbocycles. The number of piperazine rings is 1. The minimum Gasteiger partial charge on any atom is -0.405 e. The number of ether oxygens (including phenoxy) is 1. The third kappa shape index (κ3) is 6.98. The summed E-state index contributed by atoms with van der Waals surface area (Å²) in [4.78, 5) is 28.6. The van der Waals surface area contributed by atoms with Gasteiger partial charge < -0.3 is 15.0 Å². The molecule has 0 aliphatic carbocycles. The lowest BCUT2D eigenvalue weighted by Gasteiger charge is -2.34. The molecule has 1 N–H and O–H groups in total. The van der Waals surface area contributed by atoms with Crippen molar-refractivity contribution in [1.29, 1.82) is 0 Å². The van der Waals surface area contributed by atoms with Crippen LogP contribution in [-0.4, -0.2) is 60.7 Å². The van der Waals surface area contributed by atoms with Gasteiger partial charge in [-0.2, -0.15) is 0 Å². The molecular formula is C23H26F3N3O3. The van der Waals surface area contributed by atoms with Gasteiger partial charge in [-0.3, -0.25) is 14.5 Å². The van der Waals surface area contributed by atoms with Gasteiger partial charge >= 0.3 is 6.36 Å². The van der Waals surface area contributed by atoms with Crippen molar-refractivity contribution in [1.82, 2.24) is 15.1 Å². The molecular weight excluding hydrogens is 423 g/mol. The minimum absolute atomic E-state index is 0.0599. The third-order valence-electron chi connectivity index (χ3n) is 5.37. The summed E-state index contributed by atoms with van der Waals surface area (Å²) in [6.45, 7) is 4.19. The molecule has 9 heteroatoms. The Morgan fingerprint density at radius 2 is 1.59 bits per heavy atom. The van der Waals surface area contributed by atoms with Crippen LogP contribution < -0.4 is 10.1 Å². The quantitative estimate of drug-likeness (QED) is 0.706. The molecule has 1 aliphatic heterocycles. The van der Waals surface area contributed by atoms with Gasteiger partial charge in [0, 0.05) is 38.3 Å². The van der Waals surface area contributed by atoms with E-state index in [1.165, 1.54) is 18.2 Å². The number of aryl methyl sites for hydroxylation is 1. The van der Waals surface area contributed by atoms with Gasteiger partial charge in [0.25, 0.3) is 0 Å². The van der Waals surface area contributed by atoms with Gasteiger partial charge in [-0.15, -0.1) is 13.2 Å². The van der Waals surface area contributed by atoms with Crippen LogP contribution in [0.25, 0.3) is 0 Å². The Hall–Kier alpha value is -3.07. The van der Waals surface area contributed by atoms with E-state index in [9.17, 15) is 22.8 Å². The number of alkyl halides is 3. The summed E-state index contributed by atoms with van der Waals surface area (Å²) in [5, 5.41) is 2.64. The zero-order valence-corrected chi connectivity index (χ0v) is 17.8. The fourth-order valence-electron chi connectivity index (χ4n) is 3.57. The highest BCUT2D eigenvalue weighted by atomic mass is 19.4. The molecule has 172 valence electrons. The molecule has 0 spiro atoms. The van der Waals surface area contributed by atoms with Crippen LogP contribution >= 0.6 is 0 Å². The second kappa shape index (κ2) is 10.5. The van der Waals surface area contributed by atoms with Crippen LogP contribution in [0, 0.1) is 6.92 Å². The average molecular weight is 449 g/mol. The van der Waals surface area contributed by atoms with Crippen LogP contribution in [0.5, 0.6) is 5.75 Å². The highest BCUT2D eigenvalue weighted by Gasteiger charge is 2.32. The normalized spacial score (nSPS) is 14.8. The second-order valence-corrected chi connectivity index (χ2v) is 7.69. The van der Waals surface area contributed by atoms with Crippen molar-refractivity contribution < 1.29 is 27.5 Å². The Balaban J connectivity index is 1.43. The summed E-state index contributed by atoms with van der Waals surface area (Å²) in [7, 11) is 0. The number of carbonyl (C=O) groups excluding carboxylic acids is 2. The lowest BCUT2D eigenvalue weighted by atomic mass is 10.1. The molecule has 1 aliphatic rings. The summed E-state index contributed by atoms with van der Waals surface area (Å²) >= 11 is 0. The smallest absolute Gasteiger partial charge is 0.405 e. The molecule has 2 aromatic rings. The summed E-state index contributed by atoms with van der Waals surface area (Å²) < 4.78 is 41.5. The highest BCUT2D eigenvalue weighted by molar-refractivity contribution is 5.80. The van der Waals surface area contributed by atoms with Crippen LogP contribution in [-0.2, 0) is 22.6 Å². The first-order valence-corrected chi connectivity index (χ1v) is 10.4. The number of benzene rings is 2. The van der Waals surface area contributed by atoms with Crippen LogP contribution in [0.2, 0.25) is 0 Å². The Bertz CT molecular complexity index is 941. The zero-order valence-electron chi connectivity index (χ0n) is 17.8. The van der Waals surface area contributed by atoms with Crippen molar-refractivity contribution in [2.75, 3.05) is 32.7 Å². The molecule has 1 fully saturated rings. The monoisotopic (exact) mass is 449 g/mol. The summed E-state index contributed by atoms with van der Waals surface area (Å²) in [6.07, 6.45) is -4.44. The number of halogens is 3. The van der Waals surface area contributed by atoms with E-state index < -0.39 is 6.36 Å². The number of amides is 2. The fraction of sp³-hybridized carbons (Fsp3) is 0.391. The number of hydrogen-bond acceptors (Lipinski definition) is 4. The largest absolute Gasteiger partial charge is 0.573 e. The van der Waals surface area contributed by atoms with Crippen molar-refractivity contribution >= 4 is 11.8 Å². The topological polar surface area (TPSA) is 61.9 Å². The number of hydrogen-bond donors (Lipinski definition) is 1. The number of nitrogens with one attached hydrogen (secondary N) is 1. The van der Waals surface area contributed by atoms with Gasteiger partial charge in [-0.1, -0.05) is 42.5 Å². The van der Waals surface area contributed by atoms with Gasteiger partial charge in [0.15, 0.2) is 0 Å². The lowest BCUT2D eigenvalue weighted by Crippen LogP contribution is -2.51. The SMILES string of the molecule is Cc1ccccc1CC(=O)N1CCN(CC(=O)NCc2ccccc2OC(F)(F)F)CC1. The number of carbonyl (C=O) groups is 2. The molecule has 2 aromatic carbocycles. The molecule has 6 nitrogen and oxygen atoms in total. The molecule has 1 heterocycles. The van der Waals surface area contributed by atoms with E-state index in [1.807, 2.05) is 36.1 Å². The van der Waals surface area contributed by atoms with Crippen molar-refractivity contribution in [3.8, 4) is 5.75 Å². The Morgan fingerprint density at radius 1 is 0.969 bits per heavy atom. The first kappa shape index (κ1) is 23.6. The average Bonchev–Trinajstić information content (AvgIpc) is 2.74. The standard InChI is InChI=1S/C23H26F3N3O3/c1-17-6-2-3-7-18(17)14-22(31)29-12-10-28(11-13-29)16-21(30)27-15-19-8-4-5-9-20(19)32-23(24,25)26/h2-9H,10-16H2,1H3,(H,27,30). The molecule has 3 rings (SSSR count). The minimum atomic E-state index is -4.80. The van der Waals surface area contributed by atoms with E-state index >= 15 is 0 Å². The van der Waals surface area contributed by atoms with Crippen LogP contribution in [0.1, 0.15) is 16.7 Å². The fourth-order valence-corrected chi connectivity index (χ4v) is 3.57.